The van der Waals surface area contributed by atoms with E-state index in [0.29, 0.717) is 49.2 Å². The van der Waals surface area contributed by atoms with Crippen LogP contribution in [0.4, 0.5) is 0 Å². The van der Waals surface area contributed by atoms with Crippen molar-refractivity contribution in [1.29, 1.82) is 0 Å². The lowest BCUT2D eigenvalue weighted by Crippen LogP contribution is -2.53. The van der Waals surface area contributed by atoms with Crippen LogP contribution < -0.4 is 10.1 Å². The van der Waals surface area contributed by atoms with Crippen molar-refractivity contribution in [3.05, 3.63) is 58.9 Å². The highest BCUT2D eigenvalue weighted by Gasteiger charge is 2.42. The highest BCUT2D eigenvalue weighted by atomic mass is 35.5. The number of fused-ring (bicyclic) bond motifs is 1. The molecule has 1 fully saturated rings. The van der Waals surface area contributed by atoms with E-state index in [1.807, 2.05) is 17.0 Å². The molecular weight excluding hydrogens is 474 g/mol. The number of nitrogens with one attached hydrogen (secondary N) is 1. The minimum absolute atomic E-state index is 0.0545. The summed E-state index contributed by atoms with van der Waals surface area (Å²) in [4.78, 5) is 32.8. The second-order valence-corrected chi connectivity index (χ2v) is 11.1. The van der Waals surface area contributed by atoms with Crippen LogP contribution in [0.2, 0.25) is 5.02 Å². The first kappa shape index (κ1) is 26.5. The number of likely N-dealkylation sites (tertiary alicyclic amines) is 1. The number of carbonyl (C=O) groups excluding carboxylic acids is 2. The molecular formula is C29H38ClN3O3. The van der Waals surface area contributed by atoms with Gasteiger partial charge in [0.15, 0.2) is 0 Å². The first-order valence-corrected chi connectivity index (χ1v) is 13.7. The summed E-state index contributed by atoms with van der Waals surface area (Å²) in [6, 6.07) is 11.6. The van der Waals surface area contributed by atoms with E-state index in [1.54, 1.807) is 12.1 Å². The lowest BCUT2D eigenvalue weighted by atomic mass is 9.73. The van der Waals surface area contributed by atoms with Crippen molar-refractivity contribution in [3.8, 4) is 5.75 Å². The maximum Gasteiger partial charge on any atom is 0.272 e. The number of benzene rings is 1. The molecule has 0 radical (unpaired) electrons. The Morgan fingerprint density at radius 2 is 1.92 bits per heavy atom. The molecule has 2 aliphatic rings. The Balaban J connectivity index is 1.48. The number of nitrogens with zero attached hydrogens (tertiary/aromatic N) is 2. The minimum atomic E-state index is -0.458. The molecule has 0 unspecified atom stereocenters. The molecule has 1 saturated heterocycles. The number of hydrogen-bond donors (Lipinski definition) is 1. The summed E-state index contributed by atoms with van der Waals surface area (Å²) in [5.41, 5.74) is 1.17. The van der Waals surface area contributed by atoms with Gasteiger partial charge in [-0.1, -0.05) is 56.5 Å². The fourth-order valence-corrected chi connectivity index (χ4v) is 5.58. The van der Waals surface area contributed by atoms with Crippen LogP contribution >= 0.6 is 11.6 Å². The highest BCUT2D eigenvalue weighted by Crippen LogP contribution is 2.38. The molecule has 1 N–H and O–H groups in total. The van der Waals surface area contributed by atoms with E-state index in [1.165, 1.54) is 11.8 Å². The van der Waals surface area contributed by atoms with Crippen LogP contribution in [-0.2, 0) is 11.2 Å². The summed E-state index contributed by atoms with van der Waals surface area (Å²) < 4.78 is 6.26. The lowest BCUT2D eigenvalue weighted by Gasteiger charge is -2.41. The monoisotopic (exact) mass is 511 g/mol. The first-order chi connectivity index (χ1) is 17.4. The number of ether oxygens (including phenoxy) is 1. The molecule has 0 aliphatic carbocycles. The van der Waals surface area contributed by atoms with Gasteiger partial charge in [0.05, 0.1) is 16.5 Å². The molecule has 3 heterocycles. The Morgan fingerprint density at radius 1 is 1.14 bits per heavy atom. The molecule has 6 nitrogen and oxygen atoms in total. The van der Waals surface area contributed by atoms with E-state index in [4.69, 9.17) is 16.3 Å². The summed E-state index contributed by atoms with van der Waals surface area (Å²) in [5.74, 6) is 1.38. The van der Waals surface area contributed by atoms with Crippen LogP contribution in [0, 0.1) is 11.3 Å². The molecule has 1 aromatic heterocycles. The molecule has 0 saturated carbocycles. The fourth-order valence-electron chi connectivity index (χ4n) is 5.47. The SMILES string of the molecule is CC(C)C[C@H]1COc2ccccc2CCCCCC2(CCN(C(=O)c3ccc(Cl)cn3)CC2)C(=O)N1. The maximum absolute atomic E-state index is 13.8. The van der Waals surface area contributed by atoms with Gasteiger partial charge in [0.1, 0.15) is 18.1 Å². The number of rotatable bonds is 3. The van der Waals surface area contributed by atoms with E-state index in [2.05, 4.69) is 36.3 Å². The van der Waals surface area contributed by atoms with Crippen molar-refractivity contribution in [1.82, 2.24) is 15.2 Å². The van der Waals surface area contributed by atoms with Gasteiger partial charge < -0.3 is 15.0 Å². The molecule has 1 spiro atoms. The van der Waals surface area contributed by atoms with Gasteiger partial charge >= 0.3 is 0 Å². The number of piperidine rings is 1. The highest BCUT2D eigenvalue weighted by molar-refractivity contribution is 6.30. The normalized spacial score (nSPS) is 20.9. The summed E-state index contributed by atoms with van der Waals surface area (Å²) in [5, 5.41) is 3.87. The Hall–Kier alpha value is -2.60. The number of amides is 2. The third kappa shape index (κ3) is 6.58. The summed E-state index contributed by atoms with van der Waals surface area (Å²) in [6.45, 7) is 5.91. The topological polar surface area (TPSA) is 71.5 Å². The molecule has 1 aromatic carbocycles. The van der Waals surface area contributed by atoms with Crippen LogP contribution in [0.1, 0.15) is 74.8 Å². The van der Waals surface area contributed by atoms with E-state index in [-0.39, 0.29) is 17.9 Å². The lowest BCUT2D eigenvalue weighted by molar-refractivity contribution is -0.135. The largest absolute Gasteiger partial charge is 0.491 e. The minimum Gasteiger partial charge on any atom is -0.491 e. The second kappa shape index (κ2) is 12.1. The number of aryl methyl sites for hydroxylation is 1. The quantitative estimate of drug-likeness (QED) is 0.575. The van der Waals surface area contributed by atoms with E-state index < -0.39 is 5.41 Å². The van der Waals surface area contributed by atoms with Crippen molar-refractivity contribution < 1.29 is 14.3 Å². The predicted octanol–water partition coefficient (Wildman–Crippen LogP) is 5.68. The standard InChI is InChI=1S/C29H38ClN3O3/c1-21(2)18-24-20-36-26-10-6-5-9-22(26)8-4-3-7-13-29(28(35)32-24)14-16-33(17-15-29)27(34)25-12-11-23(30)19-31-25/h5-6,9-12,19,21,24H,3-4,7-8,13-18,20H2,1-2H3,(H,32,35)/t24-/m0/s1. The van der Waals surface area contributed by atoms with Crippen molar-refractivity contribution in [2.75, 3.05) is 19.7 Å². The average molecular weight is 512 g/mol. The first-order valence-electron chi connectivity index (χ1n) is 13.3. The van der Waals surface area contributed by atoms with Gasteiger partial charge in [0.2, 0.25) is 5.91 Å². The van der Waals surface area contributed by atoms with Crippen molar-refractivity contribution in [2.45, 2.75) is 71.3 Å². The van der Waals surface area contributed by atoms with Gasteiger partial charge in [0.25, 0.3) is 5.91 Å². The Morgan fingerprint density at radius 3 is 2.64 bits per heavy atom. The number of carbonyl (C=O) groups is 2. The Labute approximate surface area is 219 Å². The summed E-state index contributed by atoms with van der Waals surface area (Å²) in [7, 11) is 0. The number of aromatic nitrogens is 1. The second-order valence-electron chi connectivity index (χ2n) is 10.7. The molecule has 1 atom stereocenters. The number of halogens is 1. The van der Waals surface area contributed by atoms with Gasteiger partial charge in [-0.15, -0.1) is 0 Å². The third-order valence-electron chi connectivity index (χ3n) is 7.54. The molecule has 36 heavy (non-hydrogen) atoms. The zero-order valence-electron chi connectivity index (χ0n) is 21.5. The van der Waals surface area contributed by atoms with Crippen LogP contribution in [-0.4, -0.2) is 47.4 Å². The van der Waals surface area contributed by atoms with Crippen molar-refractivity contribution in [2.24, 2.45) is 11.3 Å². The smallest absolute Gasteiger partial charge is 0.272 e. The van der Waals surface area contributed by atoms with E-state index in [0.717, 1.165) is 44.3 Å². The van der Waals surface area contributed by atoms with E-state index >= 15 is 0 Å². The van der Waals surface area contributed by atoms with Gasteiger partial charge in [-0.3, -0.25) is 9.59 Å². The summed E-state index contributed by atoms with van der Waals surface area (Å²) in [6.07, 6.45) is 8.64. The third-order valence-corrected chi connectivity index (χ3v) is 7.76. The number of para-hydroxylation sites is 1. The fraction of sp³-hybridized carbons (Fsp3) is 0.552. The Bertz CT molecular complexity index is 1030. The Kier molecular flexibility index (Phi) is 8.89. The van der Waals surface area contributed by atoms with Gasteiger partial charge in [0, 0.05) is 19.3 Å². The maximum atomic E-state index is 13.8. The van der Waals surface area contributed by atoms with Crippen molar-refractivity contribution in [3.63, 3.8) is 0 Å². The summed E-state index contributed by atoms with van der Waals surface area (Å²) >= 11 is 5.93. The average Bonchev–Trinajstić information content (AvgIpc) is 2.88. The van der Waals surface area contributed by atoms with Gasteiger partial charge in [-0.25, -0.2) is 4.98 Å². The number of hydrogen-bond acceptors (Lipinski definition) is 4. The van der Waals surface area contributed by atoms with Crippen LogP contribution in [0.15, 0.2) is 42.6 Å². The predicted molar refractivity (Wildman–Crippen MR) is 142 cm³/mol. The van der Waals surface area contributed by atoms with E-state index in [9.17, 15) is 9.59 Å². The van der Waals surface area contributed by atoms with Crippen LogP contribution in [0.25, 0.3) is 0 Å². The zero-order chi connectivity index (χ0) is 25.5. The molecule has 4 rings (SSSR count). The molecule has 7 heteroatoms. The zero-order valence-corrected chi connectivity index (χ0v) is 22.2. The molecule has 0 bridgehead atoms. The molecule has 2 aliphatic heterocycles. The van der Waals surface area contributed by atoms with Crippen LogP contribution in [0.5, 0.6) is 5.75 Å². The molecule has 2 aromatic rings. The number of pyridine rings is 1. The molecule has 2 amide bonds. The van der Waals surface area contributed by atoms with Crippen LogP contribution in [0.3, 0.4) is 0 Å². The van der Waals surface area contributed by atoms with Crippen molar-refractivity contribution >= 4 is 23.4 Å². The van der Waals surface area contributed by atoms with Gasteiger partial charge in [-0.2, -0.15) is 0 Å². The van der Waals surface area contributed by atoms with Gasteiger partial charge in [-0.05, 0) is 68.2 Å². The molecule has 194 valence electrons.